The van der Waals surface area contributed by atoms with Crippen LogP contribution in [-0.2, 0) is 7.05 Å². The summed E-state index contributed by atoms with van der Waals surface area (Å²) in [4.78, 5) is 21.9. The minimum Gasteiger partial charge on any atom is -0.318 e. The normalized spacial score (nSPS) is 10.8. The highest BCUT2D eigenvalue weighted by Gasteiger charge is 2.15. The molecule has 4 aromatic rings. The summed E-state index contributed by atoms with van der Waals surface area (Å²) < 4.78 is 3.10. The van der Waals surface area contributed by atoms with E-state index in [0.717, 1.165) is 10.6 Å². The van der Waals surface area contributed by atoms with Crippen molar-refractivity contribution in [1.82, 2.24) is 29.5 Å². The number of aryl methyl sites for hydroxylation is 1. The average Bonchev–Trinajstić information content (AvgIpc) is 3.37. The predicted octanol–water partition coefficient (Wildman–Crippen LogP) is 2.38. The SMILES string of the molecule is Cn1nc(-c2cccs2)cc1C(=O)Nc1cnc(-n2cccn2)nc1. The summed E-state index contributed by atoms with van der Waals surface area (Å²) in [6, 6.07) is 7.47. The van der Waals surface area contributed by atoms with Gasteiger partial charge in [0.25, 0.3) is 11.9 Å². The molecule has 0 fully saturated rings. The van der Waals surface area contributed by atoms with E-state index in [9.17, 15) is 4.79 Å². The van der Waals surface area contributed by atoms with Gasteiger partial charge in [0.1, 0.15) is 11.4 Å². The molecule has 0 aliphatic carbocycles. The fourth-order valence-electron chi connectivity index (χ4n) is 2.31. The van der Waals surface area contributed by atoms with Crippen LogP contribution in [0.25, 0.3) is 16.5 Å². The summed E-state index contributed by atoms with van der Waals surface area (Å²) in [5.41, 5.74) is 1.73. The van der Waals surface area contributed by atoms with Gasteiger partial charge in [0.05, 0.1) is 23.0 Å². The van der Waals surface area contributed by atoms with E-state index in [4.69, 9.17) is 0 Å². The Balaban J connectivity index is 1.52. The lowest BCUT2D eigenvalue weighted by Gasteiger charge is -2.05. The number of anilines is 1. The van der Waals surface area contributed by atoms with Crippen molar-refractivity contribution in [3.05, 3.63) is 60.1 Å². The van der Waals surface area contributed by atoms with Crippen LogP contribution in [0.2, 0.25) is 0 Å². The smallest absolute Gasteiger partial charge is 0.274 e. The standard InChI is InChI=1S/C16H13N7OS/c1-22-13(8-12(21-22)14-4-2-7-25-14)15(24)20-11-9-17-16(18-10-11)23-6-3-5-19-23/h2-10H,1H3,(H,20,24). The monoisotopic (exact) mass is 351 g/mol. The number of thiophene rings is 1. The van der Waals surface area contributed by atoms with Crippen LogP contribution in [0.3, 0.4) is 0 Å². The molecule has 0 aliphatic heterocycles. The Morgan fingerprint density at radius 3 is 2.76 bits per heavy atom. The van der Waals surface area contributed by atoms with E-state index in [2.05, 4.69) is 25.5 Å². The van der Waals surface area contributed by atoms with Gasteiger partial charge >= 0.3 is 0 Å². The van der Waals surface area contributed by atoms with Gasteiger partial charge in [0.15, 0.2) is 0 Å². The Hall–Kier alpha value is -3.33. The van der Waals surface area contributed by atoms with E-state index in [1.54, 1.807) is 64.7 Å². The molecule has 0 atom stereocenters. The zero-order valence-corrected chi connectivity index (χ0v) is 14.0. The highest BCUT2D eigenvalue weighted by atomic mass is 32.1. The van der Waals surface area contributed by atoms with Gasteiger partial charge in [-0.3, -0.25) is 9.48 Å². The molecule has 0 radical (unpaired) electrons. The molecule has 4 aromatic heterocycles. The zero-order chi connectivity index (χ0) is 17.2. The van der Waals surface area contributed by atoms with Crippen molar-refractivity contribution in [2.45, 2.75) is 0 Å². The van der Waals surface area contributed by atoms with Crippen molar-refractivity contribution in [2.24, 2.45) is 7.05 Å². The van der Waals surface area contributed by atoms with Crippen molar-refractivity contribution in [3.63, 3.8) is 0 Å². The largest absolute Gasteiger partial charge is 0.318 e. The van der Waals surface area contributed by atoms with Gasteiger partial charge in [-0.15, -0.1) is 11.3 Å². The molecule has 0 unspecified atom stereocenters. The van der Waals surface area contributed by atoms with Gasteiger partial charge in [-0.05, 0) is 23.6 Å². The number of hydrogen-bond donors (Lipinski definition) is 1. The van der Waals surface area contributed by atoms with E-state index in [1.807, 2.05) is 17.5 Å². The second-order valence-electron chi connectivity index (χ2n) is 5.19. The van der Waals surface area contributed by atoms with Gasteiger partial charge in [-0.1, -0.05) is 6.07 Å². The third-order valence-corrected chi connectivity index (χ3v) is 4.38. The number of nitrogens with zero attached hydrogens (tertiary/aromatic N) is 6. The van der Waals surface area contributed by atoms with Crippen LogP contribution in [0.1, 0.15) is 10.5 Å². The maximum absolute atomic E-state index is 12.5. The molecule has 8 nitrogen and oxygen atoms in total. The lowest BCUT2D eigenvalue weighted by molar-refractivity contribution is 0.101. The van der Waals surface area contributed by atoms with Gasteiger partial charge in [0, 0.05) is 19.4 Å². The number of hydrogen-bond acceptors (Lipinski definition) is 6. The minimum absolute atomic E-state index is 0.270. The zero-order valence-electron chi connectivity index (χ0n) is 13.2. The van der Waals surface area contributed by atoms with Crippen molar-refractivity contribution < 1.29 is 4.79 Å². The van der Waals surface area contributed by atoms with Gasteiger partial charge in [0.2, 0.25) is 0 Å². The van der Waals surface area contributed by atoms with E-state index in [-0.39, 0.29) is 5.91 Å². The van der Waals surface area contributed by atoms with Crippen LogP contribution in [-0.4, -0.2) is 35.4 Å². The number of nitrogens with one attached hydrogen (secondary N) is 1. The van der Waals surface area contributed by atoms with Crippen molar-refractivity contribution in [2.75, 3.05) is 5.32 Å². The van der Waals surface area contributed by atoms with Crippen molar-refractivity contribution in [3.8, 4) is 16.5 Å². The van der Waals surface area contributed by atoms with Crippen LogP contribution < -0.4 is 5.32 Å². The first kappa shape index (κ1) is 15.2. The molecular formula is C16H13N7OS. The number of amides is 1. The third-order valence-electron chi connectivity index (χ3n) is 3.49. The second kappa shape index (κ2) is 6.29. The molecule has 124 valence electrons. The lowest BCUT2D eigenvalue weighted by atomic mass is 10.3. The van der Waals surface area contributed by atoms with Gasteiger partial charge in [-0.25, -0.2) is 14.6 Å². The first-order valence-corrected chi connectivity index (χ1v) is 8.30. The van der Waals surface area contributed by atoms with Crippen LogP contribution in [0, 0.1) is 0 Å². The summed E-state index contributed by atoms with van der Waals surface area (Å²) in [5.74, 6) is 0.164. The van der Waals surface area contributed by atoms with Crippen LogP contribution >= 0.6 is 11.3 Å². The van der Waals surface area contributed by atoms with Gasteiger partial charge < -0.3 is 5.32 Å². The molecular weight excluding hydrogens is 338 g/mol. The number of carbonyl (C=O) groups excluding carboxylic acids is 1. The minimum atomic E-state index is -0.270. The van der Waals surface area contributed by atoms with Crippen molar-refractivity contribution in [1.29, 1.82) is 0 Å². The average molecular weight is 351 g/mol. The van der Waals surface area contributed by atoms with Gasteiger partial charge in [-0.2, -0.15) is 10.2 Å². The Labute approximate surface area is 146 Å². The Kier molecular flexibility index (Phi) is 3.82. The number of carbonyl (C=O) groups is 1. The molecule has 0 bridgehead atoms. The fourth-order valence-corrected chi connectivity index (χ4v) is 2.99. The fraction of sp³-hybridized carbons (Fsp3) is 0.0625. The number of aromatic nitrogens is 6. The highest BCUT2D eigenvalue weighted by molar-refractivity contribution is 7.13. The molecule has 0 saturated heterocycles. The molecule has 4 heterocycles. The highest BCUT2D eigenvalue weighted by Crippen LogP contribution is 2.24. The first-order chi connectivity index (χ1) is 12.2. The Morgan fingerprint density at radius 1 is 1.24 bits per heavy atom. The maximum Gasteiger partial charge on any atom is 0.274 e. The van der Waals surface area contributed by atoms with E-state index >= 15 is 0 Å². The summed E-state index contributed by atoms with van der Waals surface area (Å²) in [7, 11) is 1.74. The van der Waals surface area contributed by atoms with E-state index < -0.39 is 0 Å². The number of rotatable bonds is 4. The Morgan fingerprint density at radius 2 is 2.08 bits per heavy atom. The molecule has 1 N–H and O–H groups in total. The van der Waals surface area contributed by atoms with Crippen LogP contribution in [0.5, 0.6) is 0 Å². The summed E-state index contributed by atoms with van der Waals surface area (Å²) in [5, 5.41) is 13.2. The summed E-state index contributed by atoms with van der Waals surface area (Å²) >= 11 is 1.58. The maximum atomic E-state index is 12.5. The molecule has 1 amide bonds. The van der Waals surface area contributed by atoms with Crippen LogP contribution in [0.15, 0.2) is 54.4 Å². The Bertz CT molecular complexity index is 988. The van der Waals surface area contributed by atoms with Crippen LogP contribution in [0.4, 0.5) is 5.69 Å². The third kappa shape index (κ3) is 3.04. The van der Waals surface area contributed by atoms with E-state index in [0.29, 0.717) is 17.3 Å². The summed E-state index contributed by atoms with van der Waals surface area (Å²) in [6.07, 6.45) is 6.47. The molecule has 0 aromatic carbocycles. The molecule has 4 rings (SSSR count). The molecule has 9 heteroatoms. The second-order valence-corrected chi connectivity index (χ2v) is 6.14. The molecule has 0 saturated carbocycles. The quantitative estimate of drug-likeness (QED) is 0.609. The van der Waals surface area contributed by atoms with E-state index in [1.165, 1.54) is 0 Å². The predicted molar refractivity (Wildman–Crippen MR) is 93.6 cm³/mol. The molecule has 25 heavy (non-hydrogen) atoms. The van der Waals surface area contributed by atoms with Crippen molar-refractivity contribution >= 4 is 22.9 Å². The molecule has 0 spiro atoms. The summed E-state index contributed by atoms with van der Waals surface area (Å²) in [6.45, 7) is 0. The first-order valence-electron chi connectivity index (χ1n) is 7.42. The lowest BCUT2D eigenvalue weighted by Crippen LogP contribution is -2.16. The molecule has 0 aliphatic rings. The topological polar surface area (TPSA) is 90.5 Å².